The number of carbonyl (C=O) groups excluding carboxylic acids is 1. The molecule has 1 aromatic rings. The summed E-state index contributed by atoms with van der Waals surface area (Å²) in [5.41, 5.74) is 1.05. The molecular formula is C11H14N2O2S. The monoisotopic (exact) mass is 238 g/mol. The molecule has 1 aromatic heterocycles. The summed E-state index contributed by atoms with van der Waals surface area (Å²) in [5.74, 6) is -0.996. The number of nitrogens with zero attached hydrogens (tertiary/aromatic N) is 1. The fraction of sp³-hybridized carbons (Fsp3) is 0.455. The first-order chi connectivity index (χ1) is 7.50. The largest absolute Gasteiger partial charge is 0.544 e. The van der Waals surface area contributed by atoms with Crippen LogP contribution in [0.4, 0.5) is 0 Å². The van der Waals surface area contributed by atoms with Crippen molar-refractivity contribution in [3.05, 3.63) is 30.1 Å². The maximum atomic E-state index is 11.0. The van der Waals surface area contributed by atoms with Crippen molar-refractivity contribution in [2.24, 2.45) is 0 Å². The summed E-state index contributed by atoms with van der Waals surface area (Å²) >= 11 is 1.64. The number of carbonyl (C=O) groups is 1. The van der Waals surface area contributed by atoms with E-state index >= 15 is 0 Å². The topological polar surface area (TPSA) is 69.6 Å². The van der Waals surface area contributed by atoms with Crippen LogP contribution < -0.4 is 10.4 Å². The van der Waals surface area contributed by atoms with Crippen LogP contribution in [0.15, 0.2) is 24.5 Å². The molecule has 5 heteroatoms. The fourth-order valence-electron chi connectivity index (χ4n) is 1.93. The molecule has 0 bridgehead atoms. The molecule has 2 rings (SSSR count). The number of rotatable bonds is 2. The Morgan fingerprint density at radius 2 is 2.38 bits per heavy atom. The maximum absolute atomic E-state index is 11.0. The van der Waals surface area contributed by atoms with Crippen LogP contribution >= 0.6 is 11.8 Å². The number of nitrogens with two attached hydrogens (primary N) is 1. The summed E-state index contributed by atoms with van der Waals surface area (Å²) < 4.78 is -0.320. The molecule has 2 N–H and O–H groups in total. The van der Waals surface area contributed by atoms with Gasteiger partial charge in [0, 0.05) is 18.0 Å². The smallest absolute Gasteiger partial charge is 0.161 e. The van der Waals surface area contributed by atoms with Crippen LogP contribution in [0, 0.1) is 0 Å². The lowest BCUT2D eigenvalue weighted by Crippen LogP contribution is -2.92. The molecular weight excluding hydrogens is 224 g/mol. The SMILES string of the molecule is CC1(C)S[C@H](c2cccnc2)[NH2+][C@H]1C(=O)[O-]. The molecule has 0 saturated carbocycles. The Bertz CT molecular complexity index is 394. The van der Waals surface area contributed by atoms with E-state index in [0.717, 1.165) is 5.56 Å². The van der Waals surface area contributed by atoms with Gasteiger partial charge in [0.15, 0.2) is 5.37 Å². The molecule has 1 aliphatic rings. The van der Waals surface area contributed by atoms with Crippen molar-refractivity contribution in [3.63, 3.8) is 0 Å². The van der Waals surface area contributed by atoms with Gasteiger partial charge in [-0.05, 0) is 26.0 Å². The number of aromatic nitrogens is 1. The van der Waals surface area contributed by atoms with Gasteiger partial charge in [-0.2, -0.15) is 0 Å². The molecule has 1 fully saturated rings. The van der Waals surface area contributed by atoms with E-state index in [0.29, 0.717) is 0 Å². The maximum Gasteiger partial charge on any atom is 0.161 e. The molecule has 86 valence electrons. The van der Waals surface area contributed by atoms with Crippen LogP contribution in [0.1, 0.15) is 24.8 Å². The highest BCUT2D eigenvalue weighted by Gasteiger charge is 2.46. The average molecular weight is 238 g/mol. The third kappa shape index (κ3) is 2.05. The van der Waals surface area contributed by atoms with E-state index in [2.05, 4.69) is 4.98 Å². The second kappa shape index (κ2) is 4.07. The first-order valence-corrected chi connectivity index (χ1v) is 6.02. The number of carboxylic acids is 1. The quantitative estimate of drug-likeness (QED) is 0.739. The number of quaternary nitrogens is 1. The van der Waals surface area contributed by atoms with Crippen LogP contribution in [0.3, 0.4) is 0 Å². The standard InChI is InChI=1S/C11H14N2O2S/c1-11(2)8(10(14)15)13-9(16-11)7-4-3-5-12-6-7/h3-6,8-9,13H,1-2H3,(H,14,15)/t8-,9+/m0/s1. The van der Waals surface area contributed by atoms with Crippen LogP contribution in [0.2, 0.25) is 0 Å². The van der Waals surface area contributed by atoms with E-state index in [1.54, 1.807) is 24.2 Å². The van der Waals surface area contributed by atoms with Crippen molar-refractivity contribution in [1.82, 2.24) is 4.98 Å². The van der Waals surface area contributed by atoms with E-state index in [1.807, 2.05) is 31.3 Å². The van der Waals surface area contributed by atoms with Crippen LogP contribution in [-0.4, -0.2) is 21.7 Å². The Balaban J connectivity index is 2.21. The summed E-state index contributed by atoms with van der Waals surface area (Å²) in [5, 5.41) is 13.0. The number of hydrogen-bond donors (Lipinski definition) is 1. The minimum absolute atomic E-state index is 0.0894. The fourth-order valence-corrected chi connectivity index (χ4v) is 3.42. The molecule has 0 spiro atoms. The van der Waals surface area contributed by atoms with Crippen molar-refractivity contribution in [2.45, 2.75) is 30.0 Å². The van der Waals surface area contributed by atoms with Gasteiger partial charge < -0.3 is 15.2 Å². The van der Waals surface area contributed by atoms with Crippen molar-refractivity contribution in [2.75, 3.05) is 0 Å². The zero-order valence-electron chi connectivity index (χ0n) is 9.21. The molecule has 0 aromatic carbocycles. The Kier molecular flexibility index (Phi) is 2.90. The molecule has 2 atom stereocenters. The highest BCUT2D eigenvalue weighted by molar-refractivity contribution is 8.00. The van der Waals surface area contributed by atoms with Gasteiger partial charge in [0.1, 0.15) is 12.0 Å². The van der Waals surface area contributed by atoms with Crippen LogP contribution in [0.25, 0.3) is 0 Å². The molecule has 0 amide bonds. The molecule has 1 aliphatic heterocycles. The number of carboxylic acid groups (broad SMARTS) is 1. The molecule has 16 heavy (non-hydrogen) atoms. The van der Waals surface area contributed by atoms with Crippen molar-refractivity contribution < 1.29 is 15.2 Å². The molecule has 0 aliphatic carbocycles. The van der Waals surface area contributed by atoms with E-state index in [1.165, 1.54) is 0 Å². The first-order valence-electron chi connectivity index (χ1n) is 5.14. The van der Waals surface area contributed by atoms with E-state index in [4.69, 9.17) is 0 Å². The van der Waals surface area contributed by atoms with Gasteiger partial charge in [-0.1, -0.05) is 11.8 Å². The number of thioether (sulfide) groups is 1. The zero-order valence-corrected chi connectivity index (χ0v) is 10.0. The predicted octanol–water partition coefficient (Wildman–Crippen LogP) is -0.712. The van der Waals surface area contributed by atoms with Gasteiger partial charge >= 0.3 is 0 Å². The third-order valence-corrected chi connectivity index (χ3v) is 4.36. The van der Waals surface area contributed by atoms with E-state index in [-0.39, 0.29) is 10.1 Å². The highest BCUT2D eigenvalue weighted by atomic mass is 32.2. The summed E-state index contributed by atoms with van der Waals surface area (Å²) in [6.07, 6.45) is 3.49. The van der Waals surface area contributed by atoms with Crippen molar-refractivity contribution >= 4 is 17.7 Å². The van der Waals surface area contributed by atoms with E-state index in [9.17, 15) is 9.90 Å². The molecule has 4 nitrogen and oxygen atoms in total. The lowest BCUT2D eigenvalue weighted by atomic mass is 10.0. The Labute approximate surface area is 98.5 Å². The normalized spacial score (nSPS) is 27.9. The predicted molar refractivity (Wildman–Crippen MR) is 59.4 cm³/mol. The molecule has 0 radical (unpaired) electrons. The van der Waals surface area contributed by atoms with Crippen LogP contribution in [0.5, 0.6) is 0 Å². The summed E-state index contributed by atoms with van der Waals surface area (Å²) in [4.78, 5) is 15.1. The Morgan fingerprint density at radius 3 is 2.88 bits per heavy atom. The second-order valence-corrected chi connectivity index (χ2v) is 6.21. The number of hydrogen-bond acceptors (Lipinski definition) is 4. The minimum Gasteiger partial charge on any atom is -0.544 e. The summed E-state index contributed by atoms with van der Waals surface area (Å²) in [7, 11) is 0. The van der Waals surface area contributed by atoms with E-state index < -0.39 is 12.0 Å². The van der Waals surface area contributed by atoms with Gasteiger partial charge in [-0.25, -0.2) is 0 Å². The lowest BCUT2D eigenvalue weighted by Gasteiger charge is -2.21. The molecule has 2 heterocycles. The van der Waals surface area contributed by atoms with Gasteiger partial charge in [-0.3, -0.25) is 4.98 Å². The number of aliphatic carboxylic acids is 1. The second-order valence-electron chi connectivity index (χ2n) is 4.42. The van der Waals surface area contributed by atoms with Gasteiger partial charge in [-0.15, -0.1) is 0 Å². The van der Waals surface area contributed by atoms with Crippen molar-refractivity contribution in [1.29, 1.82) is 0 Å². The molecule has 0 unspecified atom stereocenters. The van der Waals surface area contributed by atoms with Gasteiger partial charge in [0.05, 0.1) is 4.75 Å². The minimum atomic E-state index is -0.996. The zero-order chi connectivity index (χ0) is 11.8. The Hall–Kier alpha value is -1.07. The summed E-state index contributed by atoms with van der Waals surface area (Å²) in [6.45, 7) is 3.87. The van der Waals surface area contributed by atoms with Gasteiger partial charge in [0.2, 0.25) is 0 Å². The third-order valence-electron chi connectivity index (χ3n) is 2.81. The summed E-state index contributed by atoms with van der Waals surface area (Å²) in [6, 6.07) is 3.32. The average Bonchev–Trinajstić information content (AvgIpc) is 2.56. The highest BCUT2D eigenvalue weighted by Crippen LogP contribution is 2.40. The number of pyridine rings is 1. The first kappa shape index (κ1) is 11.4. The van der Waals surface area contributed by atoms with Crippen LogP contribution in [-0.2, 0) is 4.79 Å². The Morgan fingerprint density at radius 1 is 1.62 bits per heavy atom. The molecule has 1 saturated heterocycles. The van der Waals surface area contributed by atoms with Gasteiger partial charge in [0.25, 0.3) is 0 Å². The van der Waals surface area contributed by atoms with Crippen molar-refractivity contribution in [3.8, 4) is 0 Å². The lowest BCUT2D eigenvalue weighted by molar-refractivity contribution is -0.695.